The average Bonchev–Trinajstić information content (AvgIpc) is 2.06. The Balaban J connectivity index is 2.97. The van der Waals surface area contributed by atoms with E-state index in [0.29, 0.717) is 0 Å². The lowest BCUT2D eigenvalue weighted by atomic mass is 10.2. The summed E-state index contributed by atoms with van der Waals surface area (Å²) in [5.74, 6) is -0.496. The number of hydrogen-bond donors (Lipinski definition) is 1. The zero-order chi connectivity index (χ0) is 11.6. The Kier molecular flexibility index (Phi) is 3.19. The lowest BCUT2D eigenvalue weighted by Gasteiger charge is -2.19. The zero-order valence-corrected chi connectivity index (χ0v) is 9.63. The molecular weight excluding hydrogens is 216 g/mol. The fourth-order valence-electron chi connectivity index (χ4n) is 0.959. The third-order valence-corrected chi connectivity index (χ3v) is 1.86. The maximum atomic E-state index is 11.6. The molecule has 0 amide bonds. The SMILES string of the molecule is CC(C)(C)OC(=O)c1ccnc(Cl)c1N. The van der Waals surface area contributed by atoms with Gasteiger partial charge in [0.25, 0.3) is 0 Å². The summed E-state index contributed by atoms with van der Waals surface area (Å²) in [5.41, 5.74) is 5.44. The van der Waals surface area contributed by atoms with Crippen LogP contribution in [0.2, 0.25) is 5.15 Å². The maximum Gasteiger partial charge on any atom is 0.340 e. The average molecular weight is 229 g/mol. The van der Waals surface area contributed by atoms with Gasteiger partial charge in [-0.25, -0.2) is 9.78 Å². The Morgan fingerprint density at radius 1 is 1.53 bits per heavy atom. The largest absolute Gasteiger partial charge is 0.456 e. The minimum absolute atomic E-state index is 0.110. The Morgan fingerprint density at radius 3 is 2.67 bits per heavy atom. The minimum atomic E-state index is -0.556. The number of carbonyl (C=O) groups is 1. The van der Waals surface area contributed by atoms with Crippen molar-refractivity contribution in [3.05, 3.63) is 23.0 Å². The number of carbonyl (C=O) groups excluding carboxylic acids is 1. The number of nitrogen functional groups attached to an aromatic ring is 1. The van der Waals surface area contributed by atoms with Gasteiger partial charge in [0.05, 0.1) is 11.3 Å². The predicted molar refractivity (Wildman–Crippen MR) is 58.8 cm³/mol. The summed E-state index contributed by atoms with van der Waals surface area (Å²) in [6, 6.07) is 1.48. The second kappa shape index (κ2) is 4.06. The molecule has 1 aromatic heterocycles. The second-order valence-corrected chi connectivity index (χ2v) is 4.42. The molecule has 82 valence electrons. The van der Waals surface area contributed by atoms with Gasteiger partial charge in [0, 0.05) is 6.20 Å². The molecule has 0 aliphatic rings. The van der Waals surface area contributed by atoms with E-state index in [2.05, 4.69) is 4.98 Å². The van der Waals surface area contributed by atoms with E-state index in [4.69, 9.17) is 22.1 Å². The van der Waals surface area contributed by atoms with E-state index in [1.165, 1.54) is 12.3 Å². The van der Waals surface area contributed by atoms with Crippen molar-refractivity contribution in [3.8, 4) is 0 Å². The highest BCUT2D eigenvalue weighted by Gasteiger charge is 2.20. The van der Waals surface area contributed by atoms with Gasteiger partial charge < -0.3 is 10.5 Å². The van der Waals surface area contributed by atoms with E-state index in [1.54, 1.807) is 20.8 Å². The smallest absolute Gasteiger partial charge is 0.340 e. The van der Waals surface area contributed by atoms with Gasteiger partial charge in [0.15, 0.2) is 5.15 Å². The van der Waals surface area contributed by atoms with Crippen LogP contribution in [0.4, 0.5) is 5.69 Å². The summed E-state index contributed by atoms with van der Waals surface area (Å²) in [5, 5.41) is 0.110. The first-order valence-corrected chi connectivity index (χ1v) is 4.82. The molecule has 0 saturated carbocycles. The number of rotatable bonds is 1. The van der Waals surface area contributed by atoms with E-state index >= 15 is 0 Å². The Labute approximate surface area is 93.4 Å². The van der Waals surface area contributed by atoms with Crippen molar-refractivity contribution in [2.45, 2.75) is 26.4 Å². The van der Waals surface area contributed by atoms with Gasteiger partial charge in [-0.05, 0) is 26.8 Å². The third-order valence-electron chi connectivity index (χ3n) is 1.56. The highest BCUT2D eigenvalue weighted by molar-refractivity contribution is 6.32. The fraction of sp³-hybridized carbons (Fsp3) is 0.400. The van der Waals surface area contributed by atoms with Crippen LogP contribution in [0, 0.1) is 0 Å². The predicted octanol–water partition coefficient (Wildman–Crippen LogP) is 2.27. The van der Waals surface area contributed by atoms with Crippen LogP contribution in [0.25, 0.3) is 0 Å². The van der Waals surface area contributed by atoms with Crippen molar-refractivity contribution in [2.24, 2.45) is 0 Å². The van der Waals surface area contributed by atoms with Crippen LogP contribution in [0.3, 0.4) is 0 Å². The van der Waals surface area contributed by atoms with Gasteiger partial charge in [-0.1, -0.05) is 11.6 Å². The van der Waals surface area contributed by atoms with Crippen molar-refractivity contribution in [1.29, 1.82) is 0 Å². The molecule has 0 aromatic carbocycles. The number of anilines is 1. The number of nitrogens with two attached hydrogens (primary N) is 1. The van der Waals surface area contributed by atoms with Crippen molar-refractivity contribution in [2.75, 3.05) is 5.73 Å². The van der Waals surface area contributed by atoms with E-state index in [1.807, 2.05) is 0 Å². The Bertz CT molecular complexity index is 385. The molecule has 0 spiro atoms. The summed E-state index contributed by atoms with van der Waals surface area (Å²) in [4.78, 5) is 15.4. The van der Waals surface area contributed by atoms with Crippen molar-refractivity contribution < 1.29 is 9.53 Å². The first-order chi connectivity index (χ1) is 6.81. The summed E-state index contributed by atoms with van der Waals surface area (Å²) in [6.07, 6.45) is 1.41. The molecule has 0 bridgehead atoms. The number of esters is 1. The van der Waals surface area contributed by atoms with Gasteiger partial charge in [-0.2, -0.15) is 0 Å². The first-order valence-electron chi connectivity index (χ1n) is 4.44. The van der Waals surface area contributed by atoms with Crippen LogP contribution in [-0.2, 0) is 4.74 Å². The van der Waals surface area contributed by atoms with E-state index < -0.39 is 11.6 Å². The number of nitrogens with zero attached hydrogens (tertiary/aromatic N) is 1. The first kappa shape index (κ1) is 11.8. The topological polar surface area (TPSA) is 65.2 Å². The molecule has 0 aliphatic heterocycles. The normalized spacial score (nSPS) is 11.2. The van der Waals surface area contributed by atoms with Gasteiger partial charge in [-0.3, -0.25) is 0 Å². The number of pyridine rings is 1. The zero-order valence-electron chi connectivity index (χ0n) is 8.87. The standard InChI is InChI=1S/C10H13ClN2O2/c1-10(2,3)15-9(14)6-4-5-13-8(11)7(6)12/h4-5H,12H2,1-3H3. The number of ether oxygens (including phenoxy) is 1. The van der Waals surface area contributed by atoms with Crippen LogP contribution in [-0.4, -0.2) is 16.6 Å². The van der Waals surface area contributed by atoms with Gasteiger partial charge in [0.1, 0.15) is 5.60 Å². The molecule has 0 atom stereocenters. The quantitative estimate of drug-likeness (QED) is 0.592. The molecular formula is C10H13ClN2O2. The molecule has 15 heavy (non-hydrogen) atoms. The molecule has 1 heterocycles. The van der Waals surface area contributed by atoms with Crippen LogP contribution in [0.1, 0.15) is 31.1 Å². The Morgan fingerprint density at radius 2 is 2.13 bits per heavy atom. The lowest BCUT2D eigenvalue weighted by molar-refractivity contribution is 0.00707. The highest BCUT2D eigenvalue weighted by atomic mass is 35.5. The summed E-state index contributed by atoms with van der Waals surface area (Å²) in [6.45, 7) is 5.34. The van der Waals surface area contributed by atoms with Gasteiger partial charge in [-0.15, -0.1) is 0 Å². The molecule has 0 radical (unpaired) electrons. The van der Waals surface area contributed by atoms with Crippen molar-refractivity contribution in [1.82, 2.24) is 4.98 Å². The van der Waals surface area contributed by atoms with E-state index in [-0.39, 0.29) is 16.4 Å². The van der Waals surface area contributed by atoms with Crippen LogP contribution >= 0.6 is 11.6 Å². The molecule has 1 rings (SSSR count). The van der Waals surface area contributed by atoms with Crippen molar-refractivity contribution in [3.63, 3.8) is 0 Å². The summed E-state index contributed by atoms with van der Waals surface area (Å²) < 4.78 is 5.15. The molecule has 2 N–H and O–H groups in total. The van der Waals surface area contributed by atoms with Crippen LogP contribution < -0.4 is 5.73 Å². The monoisotopic (exact) mass is 228 g/mol. The highest BCUT2D eigenvalue weighted by Crippen LogP contribution is 2.22. The molecule has 5 heteroatoms. The lowest BCUT2D eigenvalue weighted by Crippen LogP contribution is -2.24. The van der Waals surface area contributed by atoms with Crippen LogP contribution in [0.15, 0.2) is 12.3 Å². The van der Waals surface area contributed by atoms with E-state index in [9.17, 15) is 4.79 Å². The molecule has 0 saturated heterocycles. The third kappa shape index (κ3) is 3.09. The molecule has 4 nitrogen and oxygen atoms in total. The number of hydrogen-bond acceptors (Lipinski definition) is 4. The maximum absolute atomic E-state index is 11.6. The molecule has 0 aliphatic carbocycles. The van der Waals surface area contributed by atoms with Gasteiger partial charge in [0.2, 0.25) is 0 Å². The van der Waals surface area contributed by atoms with Crippen LogP contribution in [0.5, 0.6) is 0 Å². The fourth-order valence-corrected chi connectivity index (χ4v) is 1.12. The Hall–Kier alpha value is -1.29. The number of aromatic nitrogens is 1. The molecule has 0 fully saturated rings. The molecule has 1 aromatic rings. The summed E-state index contributed by atoms with van der Waals surface area (Å²) in [7, 11) is 0. The summed E-state index contributed by atoms with van der Waals surface area (Å²) >= 11 is 5.69. The van der Waals surface area contributed by atoms with E-state index in [0.717, 1.165) is 0 Å². The van der Waals surface area contributed by atoms with Gasteiger partial charge >= 0.3 is 5.97 Å². The number of halogens is 1. The molecule has 0 unspecified atom stereocenters. The van der Waals surface area contributed by atoms with Crippen molar-refractivity contribution >= 4 is 23.3 Å². The minimum Gasteiger partial charge on any atom is -0.456 e. The second-order valence-electron chi connectivity index (χ2n) is 4.06.